The molecule has 3 rings (SSSR count). The van der Waals surface area contributed by atoms with Crippen LogP contribution in [0.25, 0.3) is 5.82 Å². The molecule has 2 N–H and O–H groups in total. The Morgan fingerprint density at radius 3 is 2.67 bits per heavy atom. The first-order chi connectivity index (χ1) is 7.33. The van der Waals surface area contributed by atoms with Crippen molar-refractivity contribution in [3.05, 3.63) is 25.0 Å². The smallest absolute Gasteiger partial charge is 0.156 e. The Hall–Kier alpha value is -1.78. The number of nitrogens with two attached hydrogens (primary N) is 1. The van der Waals surface area contributed by atoms with Gasteiger partial charge in [-0.15, -0.1) is 0 Å². The summed E-state index contributed by atoms with van der Waals surface area (Å²) >= 11 is 0. The minimum Gasteiger partial charge on any atom is -0.382 e. The van der Waals surface area contributed by atoms with Crippen LogP contribution in [-0.4, -0.2) is 19.1 Å². The molecular formula is C10H13N5. The van der Waals surface area contributed by atoms with Crippen LogP contribution in [0.3, 0.4) is 0 Å². The highest BCUT2D eigenvalue weighted by atomic mass is 15.2. The van der Waals surface area contributed by atoms with Crippen molar-refractivity contribution >= 4 is 5.82 Å². The van der Waals surface area contributed by atoms with E-state index in [9.17, 15) is 0 Å². The molecule has 2 aromatic rings. The van der Waals surface area contributed by atoms with E-state index in [-0.39, 0.29) is 0 Å². The largest absolute Gasteiger partial charge is 0.382 e. The van der Waals surface area contributed by atoms with E-state index in [0.717, 1.165) is 5.82 Å². The van der Waals surface area contributed by atoms with E-state index < -0.39 is 0 Å². The highest BCUT2D eigenvalue weighted by Crippen LogP contribution is 2.31. The zero-order valence-corrected chi connectivity index (χ0v) is 8.37. The van der Waals surface area contributed by atoms with Crippen molar-refractivity contribution in [2.24, 2.45) is 0 Å². The predicted octanol–water partition coefficient (Wildman–Crippen LogP) is 1.38. The normalized spacial score (nSPS) is 16.5. The van der Waals surface area contributed by atoms with Crippen molar-refractivity contribution in [1.29, 1.82) is 0 Å². The van der Waals surface area contributed by atoms with E-state index in [1.807, 2.05) is 17.1 Å². The summed E-state index contributed by atoms with van der Waals surface area (Å²) in [7, 11) is 0. The second kappa shape index (κ2) is 3.12. The molecule has 15 heavy (non-hydrogen) atoms. The molecule has 5 heteroatoms. The molecular weight excluding hydrogens is 190 g/mol. The lowest BCUT2D eigenvalue weighted by molar-refractivity contribution is 0.313. The molecule has 2 heterocycles. The van der Waals surface area contributed by atoms with Gasteiger partial charge in [0.2, 0.25) is 0 Å². The standard InChI is InChI=1S/C10H13N5/c11-9-4-15(6-12-9)10-5-14(7-13-10)8-2-1-3-8/h4-8H,1-3,11H2. The van der Waals surface area contributed by atoms with Gasteiger partial charge in [-0.3, -0.25) is 4.57 Å². The molecule has 1 aliphatic rings. The highest BCUT2D eigenvalue weighted by molar-refractivity contribution is 5.29. The summed E-state index contributed by atoms with van der Waals surface area (Å²) in [6.45, 7) is 0. The van der Waals surface area contributed by atoms with Gasteiger partial charge in [0.1, 0.15) is 12.1 Å². The number of nitrogen functional groups attached to an aromatic ring is 1. The van der Waals surface area contributed by atoms with Crippen molar-refractivity contribution in [3.63, 3.8) is 0 Å². The van der Waals surface area contributed by atoms with Crippen molar-refractivity contribution in [2.75, 3.05) is 5.73 Å². The number of nitrogens with zero attached hydrogens (tertiary/aromatic N) is 4. The van der Waals surface area contributed by atoms with E-state index in [4.69, 9.17) is 5.73 Å². The quantitative estimate of drug-likeness (QED) is 0.802. The second-order valence-electron chi connectivity index (χ2n) is 3.97. The Morgan fingerprint density at radius 1 is 1.20 bits per heavy atom. The molecule has 78 valence electrons. The third-order valence-electron chi connectivity index (χ3n) is 2.95. The molecule has 0 spiro atoms. The molecule has 1 fully saturated rings. The molecule has 0 radical (unpaired) electrons. The van der Waals surface area contributed by atoms with Crippen molar-refractivity contribution in [3.8, 4) is 5.82 Å². The number of imidazole rings is 2. The molecule has 0 aromatic carbocycles. The fraction of sp³-hybridized carbons (Fsp3) is 0.400. The summed E-state index contributed by atoms with van der Waals surface area (Å²) < 4.78 is 4.01. The lowest BCUT2D eigenvalue weighted by atomic mass is 9.93. The monoisotopic (exact) mass is 203 g/mol. The fourth-order valence-corrected chi connectivity index (χ4v) is 1.81. The third kappa shape index (κ3) is 1.40. The molecule has 0 amide bonds. The van der Waals surface area contributed by atoms with Gasteiger partial charge in [-0.1, -0.05) is 0 Å². The van der Waals surface area contributed by atoms with Crippen LogP contribution < -0.4 is 5.73 Å². The Balaban J connectivity index is 1.89. The zero-order chi connectivity index (χ0) is 10.3. The summed E-state index contributed by atoms with van der Waals surface area (Å²) in [5.74, 6) is 1.40. The topological polar surface area (TPSA) is 61.7 Å². The summed E-state index contributed by atoms with van der Waals surface area (Å²) in [5, 5.41) is 0. The molecule has 2 aromatic heterocycles. The maximum absolute atomic E-state index is 5.55. The van der Waals surface area contributed by atoms with Gasteiger partial charge in [0.25, 0.3) is 0 Å². The van der Waals surface area contributed by atoms with E-state index >= 15 is 0 Å². The van der Waals surface area contributed by atoms with Gasteiger partial charge >= 0.3 is 0 Å². The van der Waals surface area contributed by atoms with Gasteiger partial charge in [0.05, 0.1) is 12.5 Å². The van der Waals surface area contributed by atoms with E-state index in [2.05, 4.69) is 14.5 Å². The van der Waals surface area contributed by atoms with Gasteiger partial charge in [0.15, 0.2) is 5.82 Å². The molecule has 0 bridgehead atoms. The number of anilines is 1. The third-order valence-corrected chi connectivity index (χ3v) is 2.95. The van der Waals surface area contributed by atoms with Gasteiger partial charge < -0.3 is 10.3 Å². The van der Waals surface area contributed by atoms with Crippen molar-refractivity contribution < 1.29 is 0 Å². The van der Waals surface area contributed by atoms with Gasteiger partial charge in [-0.05, 0) is 19.3 Å². The fourth-order valence-electron chi connectivity index (χ4n) is 1.81. The van der Waals surface area contributed by atoms with Crippen molar-refractivity contribution in [2.45, 2.75) is 25.3 Å². The Bertz CT molecular complexity index is 466. The predicted molar refractivity (Wildman–Crippen MR) is 56.6 cm³/mol. The second-order valence-corrected chi connectivity index (χ2v) is 3.97. The Labute approximate surface area is 87.6 Å². The van der Waals surface area contributed by atoms with Crippen molar-refractivity contribution in [1.82, 2.24) is 19.1 Å². The number of rotatable bonds is 2. The van der Waals surface area contributed by atoms with Crippen LogP contribution in [0.5, 0.6) is 0 Å². The average Bonchev–Trinajstić information content (AvgIpc) is 2.70. The maximum atomic E-state index is 5.55. The molecule has 0 aliphatic heterocycles. The first-order valence-electron chi connectivity index (χ1n) is 5.16. The van der Waals surface area contributed by atoms with Crippen LogP contribution in [-0.2, 0) is 0 Å². The molecule has 1 saturated carbocycles. The first kappa shape index (κ1) is 8.52. The number of hydrogen-bond acceptors (Lipinski definition) is 3. The summed E-state index contributed by atoms with van der Waals surface area (Å²) in [6, 6.07) is 0.645. The Kier molecular flexibility index (Phi) is 1.77. The van der Waals surface area contributed by atoms with Crippen LogP contribution in [0.15, 0.2) is 25.0 Å². The van der Waals surface area contributed by atoms with Crippen LogP contribution in [0, 0.1) is 0 Å². The molecule has 0 unspecified atom stereocenters. The van der Waals surface area contributed by atoms with Crippen LogP contribution in [0.1, 0.15) is 25.3 Å². The summed E-state index contributed by atoms with van der Waals surface area (Å²) in [4.78, 5) is 8.31. The van der Waals surface area contributed by atoms with Crippen LogP contribution in [0.2, 0.25) is 0 Å². The molecule has 0 atom stereocenters. The van der Waals surface area contributed by atoms with E-state index in [0.29, 0.717) is 11.9 Å². The SMILES string of the molecule is Nc1cn(-c2cn(C3CCC3)cn2)cn1. The summed E-state index contributed by atoms with van der Waals surface area (Å²) in [6.07, 6.45) is 11.2. The molecule has 1 aliphatic carbocycles. The highest BCUT2D eigenvalue weighted by Gasteiger charge is 2.19. The number of aromatic nitrogens is 4. The maximum Gasteiger partial charge on any atom is 0.156 e. The minimum absolute atomic E-state index is 0.521. The van der Waals surface area contributed by atoms with Crippen LogP contribution >= 0.6 is 0 Å². The first-order valence-corrected chi connectivity index (χ1v) is 5.16. The number of hydrogen-bond donors (Lipinski definition) is 1. The minimum atomic E-state index is 0.521. The zero-order valence-electron chi connectivity index (χ0n) is 8.37. The van der Waals surface area contributed by atoms with E-state index in [1.165, 1.54) is 19.3 Å². The van der Waals surface area contributed by atoms with Gasteiger partial charge in [0, 0.05) is 12.2 Å². The van der Waals surface area contributed by atoms with Crippen LogP contribution in [0.4, 0.5) is 5.82 Å². The summed E-state index contributed by atoms with van der Waals surface area (Å²) in [5.41, 5.74) is 5.55. The molecule has 0 saturated heterocycles. The lowest BCUT2D eigenvalue weighted by Gasteiger charge is -2.26. The van der Waals surface area contributed by atoms with Gasteiger partial charge in [-0.25, -0.2) is 9.97 Å². The Morgan fingerprint density at radius 2 is 2.07 bits per heavy atom. The lowest BCUT2D eigenvalue weighted by Crippen LogP contribution is -2.15. The van der Waals surface area contributed by atoms with Gasteiger partial charge in [-0.2, -0.15) is 0 Å². The van der Waals surface area contributed by atoms with E-state index in [1.54, 1.807) is 12.5 Å². The molecule has 5 nitrogen and oxygen atoms in total. The average molecular weight is 203 g/mol.